The molecule has 2 rings (SSSR count). The van der Waals surface area contributed by atoms with Gasteiger partial charge in [-0.25, -0.2) is 4.98 Å². The lowest BCUT2D eigenvalue weighted by molar-refractivity contribution is -0.139. The molecule has 1 aliphatic rings. The predicted octanol–water partition coefficient (Wildman–Crippen LogP) is 1.70. The maximum Gasteiger partial charge on any atom is 0.320 e. The van der Waals surface area contributed by atoms with Crippen LogP contribution in [0.1, 0.15) is 45.2 Å². The van der Waals surface area contributed by atoms with E-state index >= 15 is 0 Å². The van der Waals surface area contributed by atoms with E-state index in [2.05, 4.69) is 34.4 Å². The fourth-order valence-corrected chi connectivity index (χ4v) is 3.23. The minimum absolute atomic E-state index is 0. The van der Waals surface area contributed by atoms with E-state index in [1.807, 2.05) is 0 Å². The van der Waals surface area contributed by atoms with Gasteiger partial charge in [0.1, 0.15) is 6.04 Å². The summed E-state index contributed by atoms with van der Waals surface area (Å²) in [4.78, 5) is 30.1. The molecule has 7 nitrogen and oxygen atoms in total. The van der Waals surface area contributed by atoms with E-state index in [0.29, 0.717) is 12.3 Å². The monoisotopic (exact) mass is 380 g/mol. The number of amides is 1. The summed E-state index contributed by atoms with van der Waals surface area (Å²) in [5.41, 5.74) is 0.834. The van der Waals surface area contributed by atoms with E-state index in [9.17, 15) is 14.7 Å². The molecule has 0 unspecified atom stereocenters. The zero-order chi connectivity index (χ0) is 16.3. The Morgan fingerprint density at radius 1 is 1.42 bits per heavy atom. The Morgan fingerprint density at radius 2 is 2.08 bits per heavy atom. The Balaban J connectivity index is 0.00000264. The molecule has 1 saturated heterocycles. The summed E-state index contributed by atoms with van der Waals surface area (Å²) in [6.07, 6.45) is 4.64. The van der Waals surface area contributed by atoms with Crippen LogP contribution in [0.2, 0.25) is 0 Å². The Bertz CT molecular complexity index is 525. The summed E-state index contributed by atoms with van der Waals surface area (Å²) in [5.74, 6) is -0.619. The molecule has 24 heavy (non-hydrogen) atoms. The second-order valence-electron chi connectivity index (χ2n) is 6.36. The number of carboxylic acid groups (broad SMARTS) is 1. The van der Waals surface area contributed by atoms with Gasteiger partial charge < -0.3 is 15.4 Å². The first-order valence-electron chi connectivity index (χ1n) is 7.63. The average Bonchev–Trinajstić information content (AvgIpc) is 3.06. The molecule has 1 fully saturated rings. The van der Waals surface area contributed by atoms with Crippen molar-refractivity contribution in [3.63, 3.8) is 0 Å². The number of halogens is 2. The van der Waals surface area contributed by atoms with Crippen molar-refractivity contribution in [3.05, 3.63) is 18.2 Å². The molecule has 2 heterocycles. The lowest BCUT2D eigenvalue weighted by Gasteiger charge is -2.30. The van der Waals surface area contributed by atoms with Crippen molar-refractivity contribution < 1.29 is 14.7 Å². The molecule has 1 aromatic heterocycles. The van der Waals surface area contributed by atoms with Crippen LogP contribution in [0.3, 0.4) is 0 Å². The van der Waals surface area contributed by atoms with E-state index in [1.54, 1.807) is 12.5 Å². The van der Waals surface area contributed by atoms with Gasteiger partial charge in [-0.2, -0.15) is 0 Å². The quantitative estimate of drug-likeness (QED) is 0.600. The Morgan fingerprint density at radius 3 is 2.54 bits per heavy atom. The van der Waals surface area contributed by atoms with Gasteiger partial charge in [-0.15, -0.1) is 24.8 Å². The van der Waals surface area contributed by atoms with Crippen molar-refractivity contribution >= 4 is 36.7 Å². The van der Waals surface area contributed by atoms with Crippen LogP contribution >= 0.6 is 24.8 Å². The van der Waals surface area contributed by atoms with Crippen molar-refractivity contribution in [1.29, 1.82) is 0 Å². The van der Waals surface area contributed by atoms with Crippen molar-refractivity contribution in [2.75, 3.05) is 0 Å². The molecule has 0 spiro atoms. The molecule has 0 radical (unpaired) electrons. The molecule has 0 aliphatic carbocycles. The topological polar surface area (TPSA) is 107 Å². The average molecular weight is 381 g/mol. The Hall–Kier alpha value is -1.31. The Labute approximate surface area is 154 Å². The van der Waals surface area contributed by atoms with E-state index < -0.39 is 12.0 Å². The van der Waals surface area contributed by atoms with Crippen molar-refractivity contribution in [2.45, 2.75) is 57.7 Å². The van der Waals surface area contributed by atoms with E-state index in [1.165, 1.54) is 6.92 Å². The molecule has 1 aromatic rings. The molecule has 1 amide bonds. The first-order valence-corrected chi connectivity index (χ1v) is 7.63. The zero-order valence-electron chi connectivity index (χ0n) is 14.0. The van der Waals surface area contributed by atoms with Crippen LogP contribution in [0, 0.1) is 5.92 Å². The van der Waals surface area contributed by atoms with Gasteiger partial charge in [-0.1, -0.05) is 13.8 Å². The highest BCUT2D eigenvalue weighted by atomic mass is 35.5. The van der Waals surface area contributed by atoms with Crippen LogP contribution in [0.5, 0.6) is 0 Å². The SMILES string of the molecule is CC(=O)N[C@@H](CC(C)C)[C@@H]1N[C@@H](C(=O)O)C[C@H]1c1c[nH]cn1.Cl.Cl. The summed E-state index contributed by atoms with van der Waals surface area (Å²) in [7, 11) is 0. The third kappa shape index (κ3) is 5.65. The van der Waals surface area contributed by atoms with Gasteiger partial charge in [-0.05, 0) is 18.8 Å². The molecule has 0 aromatic carbocycles. The minimum atomic E-state index is -0.867. The predicted molar refractivity (Wildman–Crippen MR) is 95.8 cm³/mol. The Kier molecular flexibility index (Phi) is 9.32. The first kappa shape index (κ1) is 22.7. The molecule has 0 saturated carbocycles. The number of H-pyrrole nitrogens is 1. The number of rotatable bonds is 6. The third-order valence-electron chi connectivity index (χ3n) is 4.06. The number of nitrogens with one attached hydrogen (secondary N) is 3. The highest BCUT2D eigenvalue weighted by Crippen LogP contribution is 2.33. The second-order valence-corrected chi connectivity index (χ2v) is 6.36. The van der Waals surface area contributed by atoms with Crippen LogP contribution in [-0.4, -0.2) is 45.1 Å². The summed E-state index contributed by atoms with van der Waals surface area (Å²) >= 11 is 0. The van der Waals surface area contributed by atoms with Crippen molar-refractivity contribution in [3.8, 4) is 0 Å². The fourth-order valence-electron chi connectivity index (χ4n) is 3.23. The number of nitrogens with zero attached hydrogens (tertiary/aromatic N) is 1. The van der Waals surface area contributed by atoms with Gasteiger partial charge in [0.15, 0.2) is 0 Å². The van der Waals surface area contributed by atoms with E-state index in [-0.39, 0.29) is 48.7 Å². The zero-order valence-corrected chi connectivity index (χ0v) is 15.6. The van der Waals surface area contributed by atoms with Crippen molar-refractivity contribution in [1.82, 2.24) is 20.6 Å². The normalized spacial score (nSPS) is 23.9. The van der Waals surface area contributed by atoms with Crippen molar-refractivity contribution in [2.24, 2.45) is 5.92 Å². The van der Waals surface area contributed by atoms with Crippen LogP contribution in [0.25, 0.3) is 0 Å². The molecule has 1 aliphatic heterocycles. The van der Waals surface area contributed by atoms with Gasteiger partial charge in [0.05, 0.1) is 12.0 Å². The van der Waals surface area contributed by atoms with Gasteiger partial charge >= 0.3 is 5.97 Å². The number of carboxylic acids is 1. The molecule has 9 heteroatoms. The number of aromatic nitrogens is 2. The maximum absolute atomic E-state index is 11.5. The van der Waals surface area contributed by atoms with Gasteiger partial charge in [-0.3, -0.25) is 14.9 Å². The maximum atomic E-state index is 11.5. The summed E-state index contributed by atoms with van der Waals surface area (Å²) < 4.78 is 0. The number of carbonyl (C=O) groups excluding carboxylic acids is 1. The second kappa shape index (κ2) is 9.86. The van der Waals surface area contributed by atoms with Crippen LogP contribution in [-0.2, 0) is 9.59 Å². The summed E-state index contributed by atoms with van der Waals surface area (Å²) in [5, 5.41) is 15.5. The molecule has 0 bridgehead atoms. The largest absolute Gasteiger partial charge is 0.480 e. The number of aliphatic carboxylic acids is 1. The van der Waals surface area contributed by atoms with Gasteiger partial charge in [0, 0.05) is 31.1 Å². The highest BCUT2D eigenvalue weighted by molar-refractivity contribution is 5.85. The molecule has 4 atom stereocenters. The third-order valence-corrected chi connectivity index (χ3v) is 4.06. The lowest BCUT2D eigenvalue weighted by atomic mass is 9.87. The standard InChI is InChI=1S/C15H24N4O3.2ClH/c1-8(2)4-11(18-9(3)20)14-10(13-6-16-7-17-13)5-12(19-14)15(21)22;;/h6-8,10-12,14,19H,4-5H2,1-3H3,(H,16,17)(H,18,20)(H,21,22);2*1H/t10-,11-,12+,14+;;/m0../s1. The van der Waals surface area contributed by atoms with Crippen LogP contribution < -0.4 is 10.6 Å². The van der Waals surface area contributed by atoms with E-state index in [0.717, 1.165) is 12.1 Å². The van der Waals surface area contributed by atoms with Crippen LogP contribution in [0.4, 0.5) is 0 Å². The number of aromatic amines is 1. The molecular formula is C15H26Cl2N4O3. The van der Waals surface area contributed by atoms with Gasteiger partial charge in [0.25, 0.3) is 0 Å². The number of carbonyl (C=O) groups is 2. The number of hydrogen-bond acceptors (Lipinski definition) is 4. The smallest absolute Gasteiger partial charge is 0.320 e. The number of imidazole rings is 1. The van der Waals surface area contributed by atoms with E-state index in [4.69, 9.17) is 0 Å². The molecule has 4 N–H and O–H groups in total. The highest BCUT2D eigenvalue weighted by Gasteiger charge is 2.43. The molecule has 138 valence electrons. The number of hydrogen-bond donors (Lipinski definition) is 4. The minimum Gasteiger partial charge on any atom is -0.480 e. The summed E-state index contributed by atoms with van der Waals surface area (Å²) in [6, 6.07) is -0.880. The van der Waals surface area contributed by atoms with Gasteiger partial charge in [0.2, 0.25) is 5.91 Å². The van der Waals surface area contributed by atoms with Crippen LogP contribution in [0.15, 0.2) is 12.5 Å². The fraction of sp³-hybridized carbons (Fsp3) is 0.667. The summed E-state index contributed by atoms with van der Waals surface area (Å²) in [6.45, 7) is 5.66. The lowest BCUT2D eigenvalue weighted by Crippen LogP contribution is -2.51. The first-order chi connectivity index (χ1) is 10.4. The molecular weight excluding hydrogens is 355 g/mol.